The first kappa shape index (κ1) is 15.4. The van der Waals surface area contributed by atoms with E-state index in [1.165, 1.54) is 12.5 Å². The molecule has 0 unspecified atom stereocenters. The molecule has 1 aromatic heterocycles. The molecule has 3 aromatic rings. The maximum atomic E-state index is 10.9. The number of benzene rings is 2. The zero-order valence-corrected chi connectivity index (χ0v) is 14.0. The number of rotatable bonds is 4. The quantitative estimate of drug-likeness (QED) is 0.772. The Labute approximate surface area is 140 Å². The fraction of sp³-hybridized carbons (Fsp3) is 0.158. The van der Waals surface area contributed by atoms with Crippen LogP contribution in [-0.2, 0) is 11.3 Å². The summed E-state index contributed by atoms with van der Waals surface area (Å²) in [6.07, 6.45) is 0. The first-order valence-corrected chi connectivity index (χ1v) is 8.36. The van der Waals surface area contributed by atoms with Gasteiger partial charge in [0.05, 0.1) is 5.69 Å². The highest BCUT2D eigenvalue weighted by Crippen LogP contribution is 2.29. The Morgan fingerprint density at radius 1 is 1.13 bits per heavy atom. The van der Waals surface area contributed by atoms with E-state index in [1.807, 2.05) is 24.3 Å². The topological polar surface area (TPSA) is 42.0 Å². The Bertz CT molecular complexity index is 821. The molecule has 116 valence electrons. The first-order valence-electron chi connectivity index (χ1n) is 7.48. The van der Waals surface area contributed by atoms with E-state index in [9.17, 15) is 4.79 Å². The van der Waals surface area contributed by atoms with Gasteiger partial charge in [0.1, 0.15) is 5.01 Å². The molecule has 4 heteroatoms. The van der Waals surface area contributed by atoms with Crippen molar-refractivity contribution in [2.75, 3.05) is 0 Å². The SMILES string of the molecule is CC(=O)NCc1ccc(-c2csc(-c3cccc(C)c3)n2)cc1. The van der Waals surface area contributed by atoms with E-state index >= 15 is 0 Å². The summed E-state index contributed by atoms with van der Waals surface area (Å²) in [5.74, 6) is -0.0172. The maximum absolute atomic E-state index is 10.9. The van der Waals surface area contributed by atoms with Gasteiger partial charge < -0.3 is 5.32 Å². The minimum atomic E-state index is -0.0172. The van der Waals surface area contributed by atoms with E-state index in [2.05, 4.69) is 41.9 Å². The van der Waals surface area contributed by atoms with Crippen LogP contribution in [-0.4, -0.2) is 10.9 Å². The molecule has 1 heterocycles. The third-order valence-electron chi connectivity index (χ3n) is 3.56. The van der Waals surface area contributed by atoms with Crippen LogP contribution in [0.3, 0.4) is 0 Å². The normalized spacial score (nSPS) is 10.5. The van der Waals surface area contributed by atoms with Crippen molar-refractivity contribution in [3.63, 3.8) is 0 Å². The fourth-order valence-electron chi connectivity index (χ4n) is 2.34. The molecule has 0 aliphatic carbocycles. The molecule has 0 fully saturated rings. The number of nitrogens with zero attached hydrogens (tertiary/aromatic N) is 1. The largest absolute Gasteiger partial charge is 0.352 e. The summed E-state index contributed by atoms with van der Waals surface area (Å²) in [5, 5.41) is 5.92. The van der Waals surface area contributed by atoms with E-state index in [1.54, 1.807) is 11.3 Å². The fourth-order valence-corrected chi connectivity index (χ4v) is 3.16. The number of aromatic nitrogens is 1. The molecule has 3 nitrogen and oxygen atoms in total. The Balaban J connectivity index is 1.79. The first-order chi connectivity index (χ1) is 11.1. The summed E-state index contributed by atoms with van der Waals surface area (Å²) in [7, 11) is 0. The van der Waals surface area contributed by atoms with Crippen LogP contribution in [0.1, 0.15) is 18.1 Å². The molecule has 0 aliphatic heterocycles. The summed E-state index contributed by atoms with van der Waals surface area (Å²) in [5.41, 5.74) is 5.55. The van der Waals surface area contributed by atoms with E-state index in [-0.39, 0.29) is 5.91 Å². The molecule has 0 radical (unpaired) electrons. The van der Waals surface area contributed by atoms with Crippen molar-refractivity contribution in [3.05, 3.63) is 65.0 Å². The number of thiazole rings is 1. The summed E-state index contributed by atoms with van der Waals surface area (Å²) < 4.78 is 0. The van der Waals surface area contributed by atoms with Crippen molar-refractivity contribution in [1.82, 2.24) is 10.3 Å². The predicted molar refractivity (Wildman–Crippen MR) is 95.2 cm³/mol. The van der Waals surface area contributed by atoms with Gasteiger partial charge in [0.2, 0.25) is 5.91 Å². The molecule has 1 N–H and O–H groups in total. The summed E-state index contributed by atoms with van der Waals surface area (Å²) in [4.78, 5) is 15.7. The molecule has 2 aromatic carbocycles. The standard InChI is InChI=1S/C19H18N2OS/c1-13-4-3-5-17(10-13)19-21-18(12-23-19)16-8-6-15(7-9-16)11-20-14(2)22/h3-10,12H,11H2,1-2H3,(H,20,22). The lowest BCUT2D eigenvalue weighted by Gasteiger charge is -2.03. The second-order valence-electron chi connectivity index (χ2n) is 5.51. The average molecular weight is 322 g/mol. The van der Waals surface area contributed by atoms with Crippen molar-refractivity contribution < 1.29 is 4.79 Å². The van der Waals surface area contributed by atoms with Crippen molar-refractivity contribution in [3.8, 4) is 21.8 Å². The van der Waals surface area contributed by atoms with Crippen LogP contribution in [0.4, 0.5) is 0 Å². The Hall–Kier alpha value is -2.46. The molecule has 0 spiro atoms. The number of nitrogens with one attached hydrogen (secondary N) is 1. The van der Waals surface area contributed by atoms with Crippen molar-refractivity contribution in [1.29, 1.82) is 0 Å². The highest BCUT2D eigenvalue weighted by Gasteiger charge is 2.07. The average Bonchev–Trinajstić information content (AvgIpc) is 3.03. The van der Waals surface area contributed by atoms with E-state index in [4.69, 9.17) is 4.98 Å². The van der Waals surface area contributed by atoms with Gasteiger partial charge >= 0.3 is 0 Å². The van der Waals surface area contributed by atoms with Crippen molar-refractivity contribution in [2.24, 2.45) is 0 Å². The number of carbonyl (C=O) groups excluding carboxylic acids is 1. The number of amides is 1. The molecule has 0 saturated carbocycles. The summed E-state index contributed by atoms with van der Waals surface area (Å²) in [6, 6.07) is 16.5. The van der Waals surface area contributed by atoms with Crippen molar-refractivity contribution >= 4 is 17.2 Å². The zero-order chi connectivity index (χ0) is 16.2. The van der Waals surface area contributed by atoms with Crippen molar-refractivity contribution in [2.45, 2.75) is 20.4 Å². The van der Waals surface area contributed by atoms with Gasteiger partial charge in [-0.15, -0.1) is 11.3 Å². The number of hydrogen-bond donors (Lipinski definition) is 1. The number of carbonyl (C=O) groups is 1. The van der Waals surface area contributed by atoms with Crippen LogP contribution in [0.25, 0.3) is 21.8 Å². The van der Waals surface area contributed by atoms with E-state index in [0.717, 1.165) is 27.4 Å². The van der Waals surface area contributed by atoms with Gasteiger partial charge in [-0.1, -0.05) is 48.0 Å². The number of hydrogen-bond acceptors (Lipinski definition) is 3. The second-order valence-corrected chi connectivity index (χ2v) is 6.37. The van der Waals surface area contributed by atoms with Gasteiger partial charge in [-0.2, -0.15) is 0 Å². The van der Waals surface area contributed by atoms with Gasteiger partial charge in [-0.05, 0) is 18.6 Å². The van der Waals surface area contributed by atoms with Gasteiger partial charge in [-0.25, -0.2) is 4.98 Å². The Kier molecular flexibility index (Phi) is 4.53. The highest BCUT2D eigenvalue weighted by molar-refractivity contribution is 7.13. The van der Waals surface area contributed by atoms with Gasteiger partial charge in [0.25, 0.3) is 0 Å². The van der Waals surface area contributed by atoms with Gasteiger partial charge in [0, 0.05) is 30.0 Å². The highest BCUT2D eigenvalue weighted by atomic mass is 32.1. The minimum Gasteiger partial charge on any atom is -0.352 e. The van der Waals surface area contributed by atoms with Crippen LogP contribution >= 0.6 is 11.3 Å². The monoisotopic (exact) mass is 322 g/mol. The smallest absolute Gasteiger partial charge is 0.217 e. The van der Waals surface area contributed by atoms with E-state index < -0.39 is 0 Å². The summed E-state index contributed by atoms with van der Waals surface area (Å²) >= 11 is 1.66. The molecule has 3 rings (SSSR count). The lowest BCUT2D eigenvalue weighted by Crippen LogP contribution is -2.18. The van der Waals surface area contributed by atoms with Crippen LogP contribution in [0.15, 0.2) is 53.9 Å². The molecule has 1 amide bonds. The van der Waals surface area contributed by atoms with Crippen LogP contribution in [0.5, 0.6) is 0 Å². The molecule has 0 atom stereocenters. The third kappa shape index (κ3) is 3.85. The predicted octanol–water partition coefficient (Wildman–Crippen LogP) is 4.42. The molecule has 0 aliphatic rings. The molecular formula is C19H18N2OS. The third-order valence-corrected chi connectivity index (χ3v) is 4.45. The Morgan fingerprint density at radius 3 is 2.61 bits per heavy atom. The minimum absolute atomic E-state index is 0.0172. The zero-order valence-electron chi connectivity index (χ0n) is 13.2. The van der Waals surface area contributed by atoms with Crippen LogP contribution in [0, 0.1) is 6.92 Å². The van der Waals surface area contributed by atoms with Gasteiger partial charge in [-0.3, -0.25) is 4.79 Å². The van der Waals surface area contributed by atoms with E-state index in [0.29, 0.717) is 6.54 Å². The molecule has 0 bridgehead atoms. The van der Waals surface area contributed by atoms with Gasteiger partial charge in [0.15, 0.2) is 0 Å². The van der Waals surface area contributed by atoms with Crippen LogP contribution < -0.4 is 5.32 Å². The second kappa shape index (κ2) is 6.75. The molecular weight excluding hydrogens is 304 g/mol. The lowest BCUT2D eigenvalue weighted by molar-refractivity contribution is -0.119. The lowest BCUT2D eigenvalue weighted by atomic mass is 10.1. The molecule has 0 saturated heterocycles. The maximum Gasteiger partial charge on any atom is 0.217 e. The summed E-state index contributed by atoms with van der Waals surface area (Å²) in [6.45, 7) is 4.17. The molecule has 23 heavy (non-hydrogen) atoms. The van der Waals surface area contributed by atoms with Crippen LogP contribution in [0.2, 0.25) is 0 Å². The number of aryl methyl sites for hydroxylation is 1. The Morgan fingerprint density at radius 2 is 1.91 bits per heavy atom.